The molecule has 16 heteroatoms. The van der Waals surface area contributed by atoms with Crippen LogP contribution in [0.3, 0.4) is 0 Å². The zero-order chi connectivity index (χ0) is 36.6. The molecule has 0 radical (unpaired) electrons. The second-order valence-electron chi connectivity index (χ2n) is 13.8. The summed E-state index contributed by atoms with van der Waals surface area (Å²) in [5.41, 5.74) is 2.36. The van der Waals surface area contributed by atoms with E-state index in [2.05, 4.69) is 4.98 Å². The molecular weight excluding hydrogens is 787 g/mol. The number of aromatic nitrogens is 1. The van der Waals surface area contributed by atoms with E-state index in [1.807, 2.05) is 30.4 Å². The molecular formula is C36H36Cl3N4O6S3+. The molecule has 52 heavy (non-hydrogen) atoms. The maximum Gasteiger partial charge on any atom is 0.522 e. The number of nitrogens with zero attached hydrogens (tertiary/aromatic N) is 4. The molecule has 8 rings (SSSR count). The van der Waals surface area contributed by atoms with E-state index in [9.17, 15) is 21.6 Å². The number of amides is 1. The maximum absolute atomic E-state index is 14.4. The molecule has 1 atom stereocenters. The number of halogens is 3. The van der Waals surface area contributed by atoms with Gasteiger partial charge in [0, 0.05) is 79.6 Å². The fraction of sp³-hybridized carbons (Fsp3) is 0.389. The molecule has 2 fully saturated rings. The lowest BCUT2D eigenvalue weighted by Gasteiger charge is -2.53. The van der Waals surface area contributed by atoms with E-state index in [-0.39, 0.29) is 58.5 Å². The highest BCUT2D eigenvalue weighted by Crippen LogP contribution is 2.50. The summed E-state index contributed by atoms with van der Waals surface area (Å²) >= 11 is 21.2. The van der Waals surface area contributed by atoms with Crippen LogP contribution in [0.1, 0.15) is 37.7 Å². The number of piperidine rings is 2. The molecule has 0 spiro atoms. The first kappa shape index (κ1) is 36.4. The van der Waals surface area contributed by atoms with Gasteiger partial charge in [-0.15, -0.1) is 11.3 Å². The monoisotopic (exact) mass is 821 g/mol. The predicted octanol–water partition coefficient (Wildman–Crippen LogP) is 7.77. The van der Waals surface area contributed by atoms with Crippen molar-refractivity contribution in [1.82, 2.24) is 13.6 Å². The molecule has 10 nitrogen and oxygen atoms in total. The number of aryl methyl sites for hydroxylation is 1. The third-order valence-electron chi connectivity index (χ3n) is 11.1. The number of hydrogen-bond donors (Lipinski definition) is 0. The Labute approximate surface area is 321 Å². The van der Waals surface area contributed by atoms with Crippen LogP contribution in [0.2, 0.25) is 5.02 Å². The number of carbonyl (C=O) groups is 1. The fourth-order valence-corrected chi connectivity index (χ4v) is 14.2. The third kappa shape index (κ3) is 5.74. The highest BCUT2D eigenvalue weighted by Gasteiger charge is 2.61. The summed E-state index contributed by atoms with van der Waals surface area (Å²) in [5.74, 6) is 0. The first-order chi connectivity index (χ1) is 24.8. The number of cyclic esters (lactones) is 1. The van der Waals surface area contributed by atoms with Crippen LogP contribution in [-0.4, -0.2) is 90.2 Å². The minimum atomic E-state index is -3.91. The minimum absolute atomic E-state index is 0.0464. The van der Waals surface area contributed by atoms with E-state index in [0.717, 1.165) is 15.5 Å². The van der Waals surface area contributed by atoms with E-state index in [4.69, 9.17) is 39.5 Å². The van der Waals surface area contributed by atoms with Crippen LogP contribution in [0.5, 0.6) is 0 Å². The van der Waals surface area contributed by atoms with E-state index in [1.54, 1.807) is 43.5 Å². The standard InChI is InChI=1S/C36H36Cl3N4O6S3/c1-23-28-21-25(37)9-10-31(28)50-34(23)52(47,48)42-19-13-27(14-20-42)43(30-7-3-15-36(38,39)29(30)22-49-35(43)44)26-11-17-41(18-12-26)51(45,46)32-8-2-5-24-6-4-16-40-33(24)32/h2-10,16,21,26-27H,11-15,17-20,22H2,1H3/q+1. The van der Waals surface area contributed by atoms with E-state index >= 15 is 0 Å². The second kappa shape index (κ2) is 13.3. The summed E-state index contributed by atoms with van der Waals surface area (Å²) in [6.07, 6.45) is 6.71. The average molecular weight is 823 g/mol. The number of ether oxygens (including phenoxy) is 1. The third-order valence-corrected chi connectivity index (χ3v) is 17.8. The van der Waals surface area contributed by atoms with Gasteiger partial charge in [-0.2, -0.15) is 17.9 Å². The zero-order valence-corrected chi connectivity index (χ0v) is 32.9. The van der Waals surface area contributed by atoms with E-state index in [0.29, 0.717) is 59.5 Å². The Morgan fingerprint density at radius 3 is 2.27 bits per heavy atom. The number of fused-ring (bicyclic) bond motifs is 2. The van der Waals surface area contributed by atoms with Gasteiger partial charge in [-0.05, 0) is 54.3 Å². The highest BCUT2D eigenvalue weighted by atomic mass is 35.5. The molecule has 0 saturated carbocycles. The summed E-state index contributed by atoms with van der Waals surface area (Å²) in [6, 6.07) is 13.4. The van der Waals surface area contributed by atoms with Crippen molar-refractivity contribution < 1.29 is 30.9 Å². The van der Waals surface area contributed by atoms with Gasteiger partial charge >= 0.3 is 6.09 Å². The van der Waals surface area contributed by atoms with Crippen LogP contribution in [0.15, 0.2) is 87.3 Å². The topological polar surface area (TPSA) is 114 Å². The number of pyridine rings is 1. The molecule has 1 unspecified atom stereocenters. The number of thiophene rings is 1. The Morgan fingerprint density at radius 1 is 0.923 bits per heavy atom. The van der Waals surface area contributed by atoms with Crippen molar-refractivity contribution in [3.05, 3.63) is 88.7 Å². The number of benzene rings is 2. The van der Waals surface area contributed by atoms with Crippen LogP contribution in [0, 0.1) is 6.92 Å². The van der Waals surface area contributed by atoms with Crippen LogP contribution >= 0.6 is 46.1 Å². The van der Waals surface area contributed by atoms with Gasteiger partial charge in [0.2, 0.25) is 10.0 Å². The Hall–Kier alpha value is -2.59. The molecule has 5 heterocycles. The second-order valence-corrected chi connectivity index (χ2v) is 20.8. The summed E-state index contributed by atoms with van der Waals surface area (Å²) in [7, 11) is -7.76. The fourth-order valence-electron chi connectivity index (χ4n) is 8.52. The van der Waals surface area contributed by atoms with Gasteiger partial charge in [0.25, 0.3) is 10.0 Å². The maximum atomic E-state index is 14.4. The predicted molar refractivity (Wildman–Crippen MR) is 204 cm³/mol. The lowest BCUT2D eigenvalue weighted by Crippen LogP contribution is -2.69. The largest absolute Gasteiger partial charge is 0.522 e. The minimum Gasteiger partial charge on any atom is -0.415 e. The molecule has 2 saturated heterocycles. The molecule has 2 aromatic carbocycles. The lowest BCUT2D eigenvalue weighted by molar-refractivity contribution is -0.874. The summed E-state index contributed by atoms with van der Waals surface area (Å²) in [5, 5.41) is 2.08. The molecule has 0 N–H and O–H groups in total. The number of allylic oxidation sites excluding steroid dienone is 2. The molecule has 2 aromatic heterocycles. The number of alkyl halides is 2. The number of carbonyl (C=O) groups excluding carboxylic acids is 1. The first-order valence-corrected chi connectivity index (χ1v) is 22.0. The van der Waals surface area contributed by atoms with Gasteiger partial charge in [-0.1, -0.05) is 59.1 Å². The molecule has 4 aliphatic rings. The number of sulfonamides is 2. The SMILES string of the molecule is Cc1c(S(=O)(=O)N2CCC([N+]3(C4CCN(S(=O)(=O)c5cccc6cccnc56)CC4)C(=O)OCC4=C3C=CCC4(Cl)Cl)CC2)sc2ccc(Cl)cc12. The van der Waals surface area contributed by atoms with Gasteiger partial charge in [0.15, 0.2) is 4.33 Å². The molecule has 3 aliphatic heterocycles. The van der Waals surface area contributed by atoms with Crippen molar-refractivity contribution in [2.24, 2.45) is 0 Å². The highest BCUT2D eigenvalue weighted by molar-refractivity contribution is 7.91. The Morgan fingerprint density at radius 2 is 1.58 bits per heavy atom. The van der Waals surface area contributed by atoms with Crippen molar-refractivity contribution in [3.63, 3.8) is 0 Å². The summed E-state index contributed by atoms with van der Waals surface area (Å²) in [6.45, 7) is 2.48. The van der Waals surface area contributed by atoms with Crippen LogP contribution in [0.4, 0.5) is 4.79 Å². The Balaban J connectivity index is 1.11. The van der Waals surface area contributed by atoms with Crippen molar-refractivity contribution >= 4 is 93.3 Å². The quantitative estimate of drug-likeness (QED) is 0.144. The normalized spacial score (nSPS) is 24.0. The lowest BCUT2D eigenvalue weighted by atomic mass is 9.88. The number of para-hydroxylation sites is 1. The van der Waals surface area contributed by atoms with Crippen molar-refractivity contribution in [2.75, 3.05) is 32.8 Å². The number of quaternary nitrogens is 1. The molecule has 0 bridgehead atoms. The van der Waals surface area contributed by atoms with Gasteiger partial charge < -0.3 is 4.74 Å². The molecule has 1 aliphatic carbocycles. The molecule has 1 amide bonds. The van der Waals surface area contributed by atoms with Gasteiger partial charge in [0.05, 0.1) is 11.1 Å². The summed E-state index contributed by atoms with van der Waals surface area (Å²) < 4.78 is 64.9. The van der Waals surface area contributed by atoms with Gasteiger partial charge in [0.1, 0.15) is 33.5 Å². The average Bonchev–Trinajstić information content (AvgIpc) is 3.47. The number of rotatable bonds is 6. The Bertz CT molecular complexity index is 2390. The molecule has 274 valence electrons. The van der Waals surface area contributed by atoms with Gasteiger partial charge in [-0.3, -0.25) is 4.98 Å². The Kier molecular flexibility index (Phi) is 9.32. The van der Waals surface area contributed by atoms with E-state index < -0.39 is 30.5 Å². The molecule has 4 aromatic rings. The zero-order valence-electron chi connectivity index (χ0n) is 28.2. The summed E-state index contributed by atoms with van der Waals surface area (Å²) in [4.78, 5) is 18.9. The van der Waals surface area contributed by atoms with Crippen LogP contribution in [-0.2, 0) is 24.8 Å². The number of hydrogen-bond acceptors (Lipinski definition) is 8. The van der Waals surface area contributed by atoms with E-state index in [1.165, 1.54) is 19.9 Å². The first-order valence-electron chi connectivity index (χ1n) is 17.1. The van der Waals surface area contributed by atoms with Gasteiger partial charge in [-0.25, -0.2) is 16.8 Å². The van der Waals surface area contributed by atoms with Crippen LogP contribution in [0.25, 0.3) is 21.0 Å². The van der Waals surface area contributed by atoms with Crippen molar-refractivity contribution in [3.8, 4) is 0 Å². The van der Waals surface area contributed by atoms with Crippen molar-refractivity contribution in [1.29, 1.82) is 0 Å². The van der Waals surface area contributed by atoms with Crippen LogP contribution < -0.4 is 0 Å². The van der Waals surface area contributed by atoms with Crippen molar-refractivity contribution in [2.45, 2.75) is 64.5 Å². The smallest absolute Gasteiger partial charge is 0.415 e.